The number of aliphatic hydroxyl groups is 1. The highest BCUT2D eigenvalue weighted by atomic mass is 79.9. The molecule has 3 aromatic rings. The molecule has 0 saturated carbocycles. The van der Waals surface area contributed by atoms with E-state index in [2.05, 4.69) is 40.7 Å². The van der Waals surface area contributed by atoms with Crippen molar-refractivity contribution in [3.8, 4) is 11.5 Å². The quantitative estimate of drug-likeness (QED) is 0.712. The van der Waals surface area contributed by atoms with Crippen molar-refractivity contribution in [1.82, 2.24) is 24.9 Å². The highest BCUT2D eigenvalue weighted by molar-refractivity contribution is 9.10. The fourth-order valence-corrected chi connectivity index (χ4v) is 1.97. The molecule has 3 rings (SSSR count). The summed E-state index contributed by atoms with van der Waals surface area (Å²) < 4.78 is 6.48. The first-order valence-corrected chi connectivity index (χ1v) is 5.67. The first kappa shape index (κ1) is 11.1. The topological polar surface area (TPSA) is 110 Å². The summed E-state index contributed by atoms with van der Waals surface area (Å²) in [6, 6.07) is 1.77. The second-order valence-electron chi connectivity index (χ2n) is 3.46. The number of rotatable bonds is 2. The molecule has 2 N–H and O–H groups in total. The van der Waals surface area contributed by atoms with Gasteiger partial charge in [0.25, 0.3) is 0 Å². The Morgan fingerprint density at radius 2 is 2.39 bits per heavy atom. The van der Waals surface area contributed by atoms with Crippen LogP contribution in [-0.2, 0) is 6.73 Å². The summed E-state index contributed by atoms with van der Waals surface area (Å²) in [6.45, 7) is -0.326. The van der Waals surface area contributed by atoms with Crippen molar-refractivity contribution >= 4 is 27.0 Å². The molecule has 18 heavy (non-hydrogen) atoms. The lowest BCUT2D eigenvalue weighted by Gasteiger charge is -1.95. The number of hydrogen-bond donors (Lipinski definition) is 2. The Labute approximate surface area is 107 Å². The lowest BCUT2D eigenvalue weighted by Crippen LogP contribution is -2.00. The van der Waals surface area contributed by atoms with Crippen molar-refractivity contribution in [1.29, 1.82) is 0 Å². The normalized spacial score (nSPS) is 11.2. The molecular formula is C9H6BrN5O3. The summed E-state index contributed by atoms with van der Waals surface area (Å²) in [4.78, 5) is 17.5. The van der Waals surface area contributed by atoms with Gasteiger partial charge in [0.05, 0.1) is 5.39 Å². The number of H-pyrrole nitrogens is 1. The molecule has 0 aliphatic rings. The predicted molar refractivity (Wildman–Crippen MR) is 63.6 cm³/mol. The molecule has 0 spiro atoms. The Hall–Kier alpha value is -2.00. The highest BCUT2D eigenvalue weighted by Gasteiger charge is 2.16. The smallest absolute Gasteiger partial charge is 0.374 e. The van der Waals surface area contributed by atoms with Gasteiger partial charge in [-0.3, -0.25) is 9.51 Å². The number of nitrogens with zero attached hydrogens (tertiary/aromatic N) is 4. The van der Waals surface area contributed by atoms with Crippen LogP contribution in [0.1, 0.15) is 0 Å². The van der Waals surface area contributed by atoms with Crippen LogP contribution in [0.15, 0.2) is 26.1 Å². The lowest BCUT2D eigenvalue weighted by molar-refractivity contribution is 0.200. The molecule has 9 heteroatoms. The minimum absolute atomic E-state index is 0.192. The monoisotopic (exact) mass is 311 g/mol. The van der Waals surface area contributed by atoms with Crippen LogP contribution in [-0.4, -0.2) is 30.0 Å². The first-order valence-electron chi connectivity index (χ1n) is 4.88. The Morgan fingerprint density at radius 3 is 3.06 bits per heavy atom. The Bertz CT molecular complexity index is 774. The molecule has 3 heterocycles. The second-order valence-corrected chi connectivity index (χ2v) is 4.37. The van der Waals surface area contributed by atoms with Gasteiger partial charge in [0.2, 0.25) is 5.82 Å². The van der Waals surface area contributed by atoms with Gasteiger partial charge >= 0.3 is 5.76 Å². The SMILES string of the molecule is O=c1[nH]c(-c2nn(CO)c3ncc(Br)cc23)no1. The third kappa shape index (κ3) is 1.64. The fourth-order valence-electron chi connectivity index (χ4n) is 1.64. The number of halogens is 1. The van der Waals surface area contributed by atoms with E-state index in [9.17, 15) is 9.90 Å². The van der Waals surface area contributed by atoms with Gasteiger partial charge in [0.15, 0.2) is 5.65 Å². The summed E-state index contributed by atoms with van der Waals surface area (Å²) in [5, 5.41) is 17.5. The first-order chi connectivity index (χ1) is 8.69. The van der Waals surface area contributed by atoms with E-state index in [1.807, 2.05) is 0 Å². The van der Waals surface area contributed by atoms with E-state index in [1.165, 1.54) is 4.68 Å². The van der Waals surface area contributed by atoms with E-state index < -0.39 is 5.76 Å². The molecule has 0 saturated heterocycles. The van der Waals surface area contributed by atoms with Crippen molar-refractivity contribution in [3.05, 3.63) is 27.3 Å². The van der Waals surface area contributed by atoms with Gasteiger partial charge in [-0.2, -0.15) is 5.10 Å². The second kappa shape index (κ2) is 4.03. The van der Waals surface area contributed by atoms with E-state index in [-0.39, 0.29) is 12.6 Å². The van der Waals surface area contributed by atoms with Crippen LogP contribution in [0.25, 0.3) is 22.6 Å². The summed E-state index contributed by atoms with van der Waals surface area (Å²) in [6.07, 6.45) is 1.59. The summed E-state index contributed by atoms with van der Waals surface area (Å²) in [7, 11) is 0. The Morgan fingerprint density at radius 1 is 1.56 bits per heavy atom. The van der Waals surface area contributed by atoms with E-state index in [0.717, 1.165) is 4.47 Å². The van der Waals surface area contributed by atoms with Crippen LogP contribution in [0.4, 0.5) is 0 Å². The van der Waals surface area contributed by atoms with E-state index in [0.29, 0.717) is 16.7 Å². The molecule has 3 aromatic heterocycles. The van der Waals surface area contributed by atoms with Gasteiger partial charge in [-0.05, 0) is 22.0 Å². The molecule has 0 amide bonds. The minimum atomic E-state index is -0.667. The lowest BCUT2D eigenvalue weighted by atomic mass is 10.2. The van der Waals surface area contributed by atoms with Gasteiger partial charge in [-0.15, -0.1) is 0 Å². The van der Waals surface area contributed by atoms with Crippen LogP contribution >= 0.6 is 15.9 Å². The van der Waals surface area contributed by atoms with Gasteiger partial charge in [-0.1, -0.05) is 5.16 Å². The van der Waals surface area contributed by atoms with E-state index >= 15 is 0 Å². The maximum absolute atomic E-state index is 10.9. The average molecular weight is 312 g/mol. The van der Waals surface area contributed by atoms with Crippen molar-refractivity contribution in [2.24, 2.45) is 0 Å². The largest absolute Gasteiger partial charge is 0.439 e. The third-order valence-corrected chi connectivity index (χ3v) is 2.79. The molecule has 0 aromatic carbocycles. The minimum Gasteiger partial charge on any atom is -0.374 e. The van der Waals surface area contributed by atoms with Crippen LogP contribution in [0.3, 0.4) is 0 Å². The number of fused-ring (bicyclic) bond motifs is 1. The van der Waals surface area contributed by atoms with E-state index in [4.69, 9.17) is 0 Å². The van der Waals surface area contributed by atoms with Gasteiger partial charge < -0.3 is 5.11 Å². The van der Waals surface area contributed by atoms with Crippen LogP contribution in [0.5, 0.6) is 0 Å². The number of hydrogen-bond acceptors (Lipinski definition) is 6. The summed E-state index contributed by atoms with van der Waals surface area (Å²) in [5.41, 5.74) is 0.873. The summed E-state index contributed by atoms with van der Waals surface area (Å²) in [5.74, 6) is -0.475. The molecule has 0 radical (unpaired) electrons. The molecule has 0 aliphatic carbocycles. The molecular weight excluding hydrogens is 306 g/mol. The molecule has 0 fully saturated rings. The van der Waals surface area contributed by atoms with E-state index in [1.54, 1.807) is 12.3 Å². The van der Waals surface area contributed by atoms with Crippen LogP contribution in [0.2, 0.25) is 0 Å². The maximum atomic E-state index is 10.9. The molecule has 0 unspecified atom stereocenters. The van der Waals surface area contributed by atoms with Gasteiger partial charge in [-0.25, -0.2) is 14.5 Å². The number of nitrogens with one attached hydrogen (secondary N) is 1. The molecule has 0 aliphatic heterocycles. The summed E-state index contributed by atoms with van der Waals surface area (Å²) >= 11 is 3.30. The van der Waals surface area contributed by atoms with Crippen LogP contribution < -0.4 is 5.76 Å². The number of aromatic amines is 1. The van der Waals surface area contributed by atoms with Gasteiger partial charge in [0.1, 0.15) is 12.4 Å². The average Bonchev–Trinajstić information content (AvgIpc) is 2.92. The van der Waals surface area contributed by atoms with Crippen molar-refractivity contribution in [2.45, 2.75) is 6.73 Å². The van der Waals surface area contributed by atoms with Gasteiger partial charge in [0, 0.05) is 10.7 Å². The van der Waals surface area contributed by atoms with Crippen molar-refractivity contribution < 1.29 is 9.63 Å². The zero-order chi connectivity index (χ0) is 12.7. The predicted octanol–water partition coefficient (Wildman–Crippen LogP) is 0.487. The fraction of sp³-hybridized carbons (Fsp3) is 0.111. The van der Waals surface area contributed by atoms with Crippen molar-refractivity contribution in [3.63, 3.8) is 0 Å². The Balaban J connectivity index is 2.35. The number of aromatic nitrogens is 5. The number of aliphatic hydroxyl groups excluding tert-OH is 1. The number of pyridine rings is 1. The Kier molecular flexibility index (Phi) is 2.49. The standard InChI is InChI=1S/C9H6BrN5O3/c10-4-1-5-6(7-12-9(17)18-14-7)13-15(3-16)8(5)11-2-4/h1-2,16H,3H2,(H,12,14,17). The molecule has 0 bridgehead atoms. The molecule has 0 atom stereocenters. The zero-order valence-corrected chi connectivity index (χ0v) is 10.4. The van der Waals surface area contributed by atoms with Crippen LogP contribution in [0, 0.1) is 0 Å². The third-order valence-electron chi connectivity index (χ3n) is 2.35. The van der Waals surface area contributed by atoms with Crippen molar-refractivity contribution in [2.75, 3.05) is 0 Å². The molecule has 92 valence electrons. The maximum Gasteiger partial charge on any atom is 0.439 e. The highest BCUT2D eigenvalue weighted by Crippen LogP contribution is 2.26. The molecule has 8 nitrogen and oxygen atoms in total. The zero-order valence-electron chi connectivity index (χ0n) is 8.79.